The van der Waals surface area contributed by atoms with Crippen molar-refractivity contribution in [2.45, 2.75) is 13.0 Å². The van der Waals surface area contributed by atoms with Crippen LogP contribution in [0.4, 0.5) is 11.4 Å². The highest BCUT2D eigenvalue weighted by molar-refractivity contribution is 5.96. The van der Waals surface area contributed by atoms with Crippen LogP contribution in [0.3, 0.4) is 0 Å². The average Bonchev–Trinajstić information content (AvgIpc) is 2.62. The average molecular weight is 330 g/mol. The van der Waals surface area contributed by atoms with Gasteiger partial charge in [-0.05, 0) is 43.3 Å². The highest BCUT2D eigenvalue weighted by atomic mass is 16.5. The van der Waals surface area contributed by atoms with Crippen molar-refractivity contribution in [2.75, 3.05) is 32.0 Å². The van der Waals surface area contributed by atoms with Crippen LogP contribution in [-0.4, -0.2) is 33.3 Å². The van der Waals surface area contributed by atoms with Gasteiger partial charge in [-0.1, -0.05) is 0 Å². The normalized spacial score (nSPS) is 11.3. The summed E-state index contributed by atoms with van der Waals surface area (Å²) in [7, 11) is 4.73. The number of methoxy groups -OCH3 is 3. The van der Waals surface area contributed by atoms with Crippen LogP contribution in [0.25, 0.3) is 0 Å². The maximum absolute atomic E-state index is 12.3. The molecule has 6 nitrogen and oxygen atoms in total. The minimum absolute atomic E-state index is 0.155. The maximum Gasteiger partial charge on any atom is 0.246 e. The Balaban J connectivity index is 2.00. The van der Waals surface area contributed by atoms with Gasteiger partial charge in [0.15, 0.2) is 11.5 Å². The first-order valence-corrected chi connectivity index (χ1v) is 7.51. The molecule has 0 aliphatic rings. The molecule has 0 aliphatic carbocycles. The zero-order valence-electron chi connectivity index (χ0n) is 14.3. The zero-order chi connectivity index (χ0) is 17.5. The van der Waals surface area contributed by atoms with Crippen LogP contribution in [-0.2, 0) is 4.79 Å². The monoisotopic (exact) mass is 330 g/mol. The number of amides is 1. The molecule has 1 atom stereocenters. The van der Waals surface area contributed by atoms with E-state index in [-0.39, 0.29) is 5.91 Å². The first kappa shape index (κ1) is 17.5. The minimum Gasteiger partial charge on any atom is -0.497 e. The Kier molecular flexibility index (Phi) is 5.89. The van der Waals surface area contributed by atoms with Gasteiger partial charge in [0.1, 0.15) is 11.8 Å². The Labute approximate surface area is 141 Å². The van der Waals surface area contributed by atoms with E-state index in [9.17, 15) is 4.79 Å². The summed E-state index contributed by atoms with van der Waals surface area (Å²) in [5, 5.41) is 5.99. The number of hydrogen-bond donors (Lipinski definition) is 2. The van der Waals surface area contributed by atoms with E-state index in [4.69, 9.17) is 14.2 Å². The first-order valence-electron chi connectivity index (χ1n) is 7.51. The van der Waals surface area contributed by atoms with E-state index in [1.165, 1.54) is 0 Å². The molecule has 0 fully saturated rings. The number of hydrogen-bond acceptors (Lipinski definition) is 5. The summed E-state index contributed by atoms with van der Waals surface area (Å²) >= 11 is 0. The molecular formula is C18H22N2O4. The summed E-state index contributed by atoms with van der Waals surface area (Å²) in [6, 6.07) is 12.2. The first-order chi connectivity index (χ1) is 11.6. The summed E-state index contributed by atoms with van der Waals surface area (Å²) in [6.07, 6.45) is 0. The van der Waals surface area contributed by atoms with Crippen LogP contribution in [0.5, 0.6) is 17.2 Å². The van der Waals surface area contributed by atoms with Crippen LogP contribution >= 0.6 is 0 Å². The number of rotatable bonds is 7. The Hall–Kier alpha value is -2.89. The number of ether oxygens (including phenoxy) is 3. The fourth-order valence-corrected chi connectivity index (χ4v) is 2.17. The lowest BCUT2D eigenvalue weighted by atomic mass is 10.2. The van der Waals surface area contributed by atoms with E-state index in [1.807, 2.05) is 24.3 Å². The zero-order valence-corrected chi connectivity index (χ0v) is 14.3. The fraction of sp³-hybridized carbons (Fsp3) is 0.278. The number of benzene rings is 2. The number of carbonyl (C=O) groups excluding carboxylic acids is 1. The lowest BCUT2D eigenvalue weighted by Gasteiger charge is -2.16. The van der Waals surface area contributed by atoms with E-state index in [0.717, 1.165) is 11.4 Å². The van der Waals surface area contributed by atoms with Crippen LogP contribution in [0.15, 0.2) is 42.5 Å². The molecule has 2 aromatic carbocycles. The molecule has 128 valence electrons. The van der Waals surface area contributed by atoms with E-state index in [1.54, 1.807) is 46.5 Å². The van der Waals surface area contributed by atoms with Crippen LogP contribution < -0.4 is 24.8 Å². The Morgan fingerprint density at radius 3 is 2.08 bits per heavy atom. The summed E-state index contributed by atoms with van der Waals surface area (Å²) in [5.41, 5.74) is 1.48. The number of anilines is 2. The van der Waals surface area contributed by atoms with Crippen LogP contribution in [0, 0.1) is 0 Å². The van der Waals surface area contributed by atoms with E-state index < -0.39 is 6.04 Å². The second kappa shape index (κ2) is 8.10. The molecule has 0 bridgehead atoms. The minimum atomic E-state index is -0.411. The summed E-state index contributed by atoms with van der Waals surface area (Å²) in [6.45, 7) is 1.79. The van der Waals surface area contributed by atoms with E-state index >= 15 is 0 Å². The van der Waals surface area contributed by atoms with Crippen molar-refractivity contribution in [3.63, 3.8) is 0 Å². The van der Waals surface area contributed by atoms with Gasteiger partial charge < -0.3 is 24.8 Å². The topological polar surface area (TPSA) is 68.8 Å². The van der Waals surface area contributed by atoms with Crippen molar-refractivity contribution >= 4 is 17.3 Å². The Morgan fingerprint density at radius 1 is 0.875 bits per heavy atom. The van der Waals surface area contributed by atoms with Gasteiger partial charge in [0.05, 0.1) is 21.3 Å². The smallest absolute Gasteiger partial charge is 0.246 e. The molecule has 2 rings (SSSR count). The van der Waals surface area contributed by atoms with Crippen LogP contribution in [0.1, 0.15) is 6.92 Å². The standard InChI is InChI=1S/C18H22N2O4/c1-12(19-13-5-8-15(22-2)9-6-13)18(21)20-14-7-10-16(23-3)17(11-14)24-4/h5-12,19H,1-4H3,(H,20,21). The molecule has 0 spiro atoms. The van der Waals surface area contributed by atoms with E-state index in [2.05, 4.69) is 10.6 Å². The fourth-order valence-electron chi connectivity index (χ4n) is 2.17. The second-order valence-corrected chi connectivity index (χ2v) is 5.15. The molecular weight excluding hydrogens is 308 g/mol. The molecule has 0 heterocycles. The van der Waals surface area contributed by atoms with Gasteiger partial charge >= 0.3 is 0 Å². The maximum atomic E-state index is 12.3. The molecule has 0 radical (unpaired) electrons. The third-order valence-electron chi connectivity index (χ3n) is 3.52. The van der Waals surface area contributed by atoms with Gasteiger partial charge in [-0.2, -0.15) is 0 Å². The SMILES string of the molecule is COc1ccc(NC(C)C(=O)Nc2ccc(OC)c(OC)c2)cc1. The van der Waals surface area contributed by atoms with Crippen molar-refractivity contribution in [3.05, 3.63) is 42.5 Å². The third-order valence-corrected chi connectivity index (χ3v) is 3.52. The highest BCUT2D eigenvalue weighted by Crippen LogP contribution is 2.29. The molecule has 0 saturated carbocycles. The molecule has 24 heavy (non-hydrogen) atoms. The Morgan fingerprint density at radius 2 is 1.50 bits per heavy atom. The molecule has 1 unspecified atom stereocenters. The van der Waals surface area contributed by atoms with Gasteiger partial charge in [0.25, 0.3) is 0 Å². The number of nitrogens with one attached hydrogen (secondary N) is 2. The van der Waals surface area contributed by atoms with Crippen LogP contribution in [0.2, 0.25) is 0 Å². The second-order valence-electron chi connectivity index (χ2n) is 5.15. The molecule has 2 N–H and O–H groups in total. The van der Waals surface area contributed by atoms with E-state index in [0.29, 0.717) is 17.2 Å². The van der Waals surface area contributed by atoms with Gasteiger partial charge in [-0.15, -0.1) is 0 Å². The molecule has 0 aliphatic heterocycles. The van der Waals surface area contributed by atoms with Gasteiger partial charge in [0.2, 0.25) is 5.91 Å². The molecule has 6 heteroatoms. The predicted octanol–water partition coefficient (Wildman–Crippen LogP) is 3.15. The van der Waals surface area contributed by atoms with Gasteiger partial charge in [-0.3, -0.25) is 4.79 Å². The molecule has 1 amide bonds. The predicted molar refractivity (Wildman–Crippen MR) is 94.3 cm³/mol. The Bertz CT molecular complexity index is 686. The quantitative estimate of drug-likeness (QED) is 0.816. The van der Waals surface area contributed by atoms with Crippen molar-refractivity contribution in [2.24, 2.45) is 0 Å². The third kappa shape index (κ3) is 4.32. The van der Waals surface area contributed by atoms with Crippen molar-refractivity contribution in [3.8, 4) is 17.2 Å². The van der Waals surface area contributed by atoms with Gasteiger partial charge in [-0.25, -0.2) is 0 Å². The number of carbonyl (C=O) groups is 1. The molecule has 2 aromatic rings. The largest absolute Gasteiger partial charge is 0.497 e. The highest BCUT2D eigenvalue weighted by Gasteiger charge is 2.14. The van der Waals surface area contributed by atoms with Crippen molar-refractivity contribution in [1.29, 1.82) is 0 Å². The summed E-state index contributed by atoms with van der Waals surface area (Å²) in [5.74, 6) is 1.78. The summed E-state index contributed by atoms with van der Waals surface area (Å²) < 4.78 is 15.5. The summed E-state index contributed by atoms with van der Waals surface area (Å²) in [4.78, 5) is 12.3. The lowest BCUT2D eigenvalue weighted by Crippen LogP contribution is -2.31. The molecule has 0 saturated heterocycles. The van der Waals surface area contributed by atoms with Crippen molar-refractivity contribution in [1.82, 2.24) is 0 Å². The van der Waals surface area contributed by atoms with Crippen molar-refractivity contribution < 1.29 is 19.0 Å². The molecule has 0 aromatic heterocycles. The lowest BCUT2D eigenvalue weighted by molar-refractivity contribution is -0.116. The van der Waals surface area contributed by atoms with Gasteiger partial charge in [0, 0.05) is 17.4 Å².